The van der Waals surface area contributed by atoms with Crippen LogP contribution in [-0.4, -0.2) is 45.2 Å². The molecule has 0 unspecified atom stereocenters. The van der Waals surface area contributed by atoms with Crippen molar-refractivity contribution in [3.8, 4) is 6.07 Å². The SMILES string of the molecule is COCOC[C@]1(C)C(=O)C(C#N)=C[C@]2(C)C3=CC(=O)[C@@H]4[C@@H]5CC(C)(C)CC[C@]5(C(=O)OC)CC[C@@]4(C)[C@]3(C)CC[C@H]21. The number of ketones is 2. The second-order valence-corrected chi connectivity index (χ2v) is 15.4. The number of fused-ring (bicyclic) bond motifs is 7. The van der Waals surface area contributed by atoms with Crippen LogP contribution in [0.2, 0.25) is 0 Å². The molecule has 0 aromatic rings. The van der Waals surface area contributed by atoms with Gasteiger partial charge >= 0.3 is 5.97 Å². The van der Waals surface area contributed by atoms with Gasteiger partial charge in [-0.15, -0.1) is 0 Å². The van der Waals surface area contributed by atoms with Gasteiger partial charge in [0.05, 0.1) is 30.1 Å². The molecule has 5 rings (SSSR count). The van der Waals surface area contributed by atoms with Crippen LogP contribution in [0.5, 0.6) is 0 Å². The number of Topliss-reactive ketones (excluding diaryl/α,β-unsaturated/α-hetero) is 1. The number of carbonyl (C=O) groups excluding carboxylic acids is 3. The summed E-state index contributed by atoms with van der Waals surface area (Å²) in [6, 6.07) is 2.17. The normalized spacial score (nSPS) is 44.7. The van der Waals surface area contributed by atoms with Crippen LogP contribution in [0.3, 0.4) is 0 Å². The lowest BCUT2D eigenvalue weighted by Crippen LogP contribution is -2.66. The molecule has 0 N–H and O–H groups in total. The van der Waals surface area contributed by atoms with Gasteiger partial charge in [-0.2, -0.15) is 5.26 Å². The molecule has 5 aliphatic carbocycles. The van der Waals surface area contributed by atoms with Gasteiger partial charge in [0.2, 0.25) is 0 Å². The highest BCUT2D eigenvalue weighted by atomic mass is 16.7. The van der Waals surface area contributed by atoms with Crippen molar-refractivity contribution in [1.29, 1.82) is 5.26 Å². The van der Waals surface area contributed by atoms with Gasteiger partial charge in [-0.1, -0.05) is 46.3 Å². The van der Waals surface area contributed by atoms with Crippen LogP contribution in [0.15, 0.2) is 23.3 Å². The van der Waals surface area contributed by atoms with Gasteiger partial charge in [0.1, 0.15) is 12.9 Å². The summed E-state index contributed by atoms with van der Waals surface area (Å²) in [6.07, 6.45) is 9.28. The highest BCUT2D eigenvalue weighted by Gasteiger charge is 2.71. The number of hydrogen-bond donors (Lipinski definition) is 0. The van der Waals surface area contributed by atoms with Crippen LogP contribution < -0.4 is 0 Å². The Labute approximate surface area is 245 Å². The van der Waals surface area contributed by atoms with E-state index in [1.54, 1.807) is 7.11 Å². The summed E-state index contributed by atoms with van der Waals surface area (Å²) in [5, 5.41) is 10.1. The quantitative estimate of drug-likeness (QED) is 0.230. The minimum Gasteiger partial charge on any atom is -0.469 e. The first kappa shape index (κ1) is 30.2. The monoisotopic (exact) mass is 565 g/mol. The first-order chi connectivity index (χ1) is 19.1. The molecule has 7 heteroatoms. The zero-order chi connectivity index (χ0) is 30.2. The maximum Gasteiger partial charge on any atom is 0.312 e. The Morgan fingerprint density at radius 1 is 1.02 bits per heavy atom. The Hall–Kier alpha value is -2.30. The Morgan fingerprint density at radius 2 is 1.71 bits per heavy atom. The molecule has 7 nitrogen and oxygen atoms in total. The van der Waals surface area contributed by atoms with E-state index in [2.05, 4.69) is 40.7 Å². The van der Waals surface area contributed by atoms with E-state index < -0.39 is 16.2 Å². The van der Waals surface area contributed by atoms with Gasteiger partial charge in [-0.3, -0.25) is 14.4 Å². The maximum absolute atomic E-state index is 14.5. The first-order valence-electron chi connectivity index (χ1n) is 15.2. The van der Waals surface area contributed by atoms with Gasteiger partial charge in [0.25, 0.3) is 0 Å². The number of nitrogens with zero attached hydrogens (tertiary/aromatic N) is 1. The third-order valence-electron chi connectivity index (χ3n) is 12.9. The lowest BCUT2D eigenvalue weighted by atomic mass is 9.34. The van der Waals surface area contributed by atoms with Gasteiger partial charge in [-0.25, -0.2) is 0 Å². The number of allylic oxidation sites excluding steroid dienone is 4. The Kier molecular flexibility index (Phi) is 7.07. The Morgan fingerprint density at radius 3 is 2.34 bits per heavy atom. The predicted octanol–water partition coefficient (Wildman–Crippen LogP) is 5.98. The van der Waals surface area contributed by atoms with E-state index in [1.165, 1.54) is 7.11 Å². The molecule has 41 heavy (non-hydrogen) atoms. The summed E-state index contributed by atoms with van der Waals surface area (Å²) in [7, 11) is 3.02. The average Bonchev–Trinajstić information content (AvgIpc) is 2.91. The number of hydrogen-bond acceptors (Lipinski definition) is 7. The van der Waals surface area contributed by atoms with Gasteiger partial charge in [-0.05, 0) is 86.0 Å². The second kappa shape index (κ2) is 9.61. The fourth-order valence-electron chi connectivity index (χ4n) is 10.5. The number of carbonyl (C=O) groups is 3. The van der Waals surface area contributed by atoms with Crippen molar-refractivity contribution in [1.82, 2.24) is 0 Å². The van der Waals surface area contributed by atoms with Crippen LogP contribution in [0.4, 0.5) is 0 Å². The van der Waals surface area contributed by atoms with Crippen molar-refractivity contribution >= 4 is 17.5 Å². The number of esters is 1. The molecule has 8 atom stereocenters. The molecule has 0 aliphatic heterocycles. The van der Waals surface area contributed by atoms with Gasteiger partial charge in [0.15, 0.2) is 11.6 Å². The van der Waals surface area contributed by atoms with E-state index >= 15 is 0 Å². The number of ether oxygens (including phenoxy) is 3. The Balaban J connectivity index is 1.66. The topological polar surface area (TPSA) is 103 Å². The zero-order valence-corrected chi connectivity index (χ0v) is 26.1. The number of rotatable bonds is 5. The van der Waals surface area contributed by atoms with Crippen LogP contribution >= 0.6 is 0 Å². The molecular formula is C34H47NO6. The molecule has 224 valence electrons. The molecule has 5 aliphatic rings. The minimum atomic E-state index is -0.921. The van der Waals surface area contributed by atoms with Crippen LogP contribution in [0.1, 0.15) is 86.5 Å². The van der Waals surface area contributed by atoms with Crippen LogP contribution in [0.25, 0.3) is 0 Å². The maximum atomic E-state index is 14.5. The summed E-state index contributed by atoms with van der Waals surface area (Å²) < 4.78 is 16.3. The largest absolute Gasteiger partial charge is 0.469 e. The number of methoxy groups -OCH3 is 2. The number of nitriles is 1. The van der Waals surface area contributed by atoms with Crippen molar-refractivity contribution < 1.29 is 28.6 Å². The highest BCUT2D eigenvalue weighted by Crippen LogP contribution is 2.74. The fourth-order valence-corrected chi connectivity index (χ4v) is 10.5. The summed E-state index contributed by atoms with van der Waals surface area (Å²) >= 11 is 0. The smallest absolute Gasteiger partial charge is 0.312 e. The van der Waals surface area contributed by atoms with Gasteiger partial charge in [0, 0.05) is 18.4 Å². The fraction of sp³-hybridized carbons (Fsp3) is 0.765. The molecule has 0 heterocycles. The molecule has 0 saturated heterocycles. The highest BCUT2D eigenvalue weighted by molar-refractivity contribution is 6.05. The van der Waals surface area contributed by atoms with Crippen molar-refractivity contribution in [3.05, 3.63) is 23.3 Å². The molecule has 3 saturated carbocycles. The second-order valence-electron chi connectivity index (χ2n) is 15.4. The first-order valence-corrected chi connectivity index (χ1v) is 15.2. The molecule has 0 aromatic carbocycles. The van der Waals surface area contributed by atoms with E-state index in [-0.39, 0.29) is 70.5 Å². The van der Waals surface area contributed by atoms with Crippen molar-refractivity contribution in [3.63, 3.8) is 0 Å². The van der Waals surface area contributed by atoms with Crippen molar-refractivity contribution in [2.24, 2.45) is 50.2 Å². The standard InChI is InChI=1S/C34H47NO6/c1-29(2)11-13-34(28(38)40-8)14-12-33(6)26(22(34)17-29)23(36)15-25-30(3)16-21(18-35)27(37)31(4,19-41-20-39-7)24(30)9-10-32(25,33)5/h15-16,22,24,26H,9-14,17,19-20H2,1-8H3/t22-,24+,26-,30-,31-,32+,33+,34-/m0/s1. The summed E-state index contributed by atoms with van der Waals surface area (Å²) in [5.74, 6) is -0.781. The van der Waals surface area contributed by atoms with E-state index in [0.29, 0.717) is 6.42 Å². The lowest BCUT2D eigenvalue weighted by Gasteiger charge is -2.68. The molecule has 0 bridgehead atoms. The van der Waals surface area contributed by atoms with E-state index in [9.17, 15) is 19.6 Å². The summed E-state index contributed by atoms with van der Waals surface area (Å²) in [5.41, 5.74) is -1.72. The zero-order valence-electron chi connectivity index (χ0n) is 26.1. The molecule has 3 fully saturated rings. The third kappa shape index (κ3) is 3.92. The molecular weight excluding hydrogens is 518 g/mol. The average molecular weight is 566 g/mol. The predicted molar refractivity (Wildman–Crippen MR) is 153 cm³/mol. The molecule has 0 radical (unpaired) electrons. The molecule has 0 aromatic heterocycles. The van der Waals surface area contributed by atoms with Crippen molar-refractivity contribution in [2.75, 3.05) is 27.6 Å². The Bertz CT molecular complexity index is 1270. The molecule has 0 spiro atoms. The van der Waals surface area contributed by atoms with Crippen LogP contribution in [-0.2, 0) is 28.6 Å². The van der Waals surface area contributed by atoms with E-state index in [0.717, 1.165) is 44.1 Å². The van der Waals surface area contributed by atoms with Gasteiger partial charge < -0.3 is 14.2 Å². The summed E-state index contributed by atoms with van der Waals surface area (Å²) in [6.45, 7) is 13.3. The van der Waals surface area contributed by atoms with Crippen LogP contribution in [0, 0.1) is 61.6 Å². The van der Waals surface area contributed by atoms with E-state index in [4.69, 9.17) is 14.2 Å². The third-order valence-corrected chi connectivity index (χ3v) is 12.9. The lowest BCUT2D eigenvalue weighted by molar-refractivity contribution is -0.191. The molecule has 0 amide bonds. The summed E-state index contributed by atoms with van der Waals surface area (Å²) in [4.78, 5) is 41.7. The van der Waals surface area contributed by atoms with E-state index in [1.807, 2.05) is 19.1 Å². The minimum absolute atomic E-state index is 0.0352. The van der Waals surface area contributed by atoms with Crippen molar-refractivity contribution in [2.45, 2.75) is 86.5 Å².